The van der Waals surface area contributed by atoms with Gasteiger partial charge < -0.3 is 20.1 Å². The maximum Gasteiger partial charge on any atom is 0.337 e. The molecule has 124 valence electrons. The Kier molecular flexibility index (Phi) is 5.39. The molecule has 0 saturated carbocycles. The van der Waals surface area contributed by atoms with Crippen LogP contribution >= 0.6 is 0 Å². The van der Waals surface area contributed by atoms with Crippen molar-refractivity contribution in [3.05, 3.63) is 41.1 Å². The third kappa shape index (κ3) is 3.53. The number of hydrogen-bond donors (Lipinski definition) is 2. The van der Waals surface area contributed by atoms with Gasteiger partial charge in [0.2, 0.25) is 0 Å². The number of nitrogens with zero attached hydrogens (tertiary/aromatic N) is 1. The van der Waals surface area contributed by atoms with Crippen molar-refractivity contribution in [1.82, 2.24) is 4.90 Å². The molecule has 1 amide bonds. The highest BCUT2D eigenvalue weighted by Crippen LogP contribution is 2.28. The van der Waals surface area contributed by atoms with Gasteiger partial charge in [-0.1, -0.05) is 32.0 Å². The minimum absolute atomic E-state index is 0.137. The molecule has 6 heteroatoms. The molecule has 2 rings (SSSR count). The van der Waals surface area contributed by atoms with Crippen molar-refractivity contribution in [3.63, 3.8) is 0 Å². The summed E-state index contributed by atoms with van der Waals surface area (Å²) in [6, 6.07) is 7.66. The Labute approximate surface area is 135 Å². The second-order valence-electron chi connectivity index (χ2n) is 5.66. The Hall–Kier alpha value is -2.34. The summed E-state index contributed by atoms with van der Waals surface area (Å²) in [7, 11) is 1.29. The maximum atomic E-state index is 12.5. The molecule has 0 bridgehead atoms. The van der Waals surface area contributed by atoms with Crippen LogP contribution in [0.25, 0.3) is 0 Å². The fourth-order valence-electron chi connectivity index (χ4n) is 2.60. The lowest BCUT2D eigenvalue weighted by atomic mass is 10.0. The first kappa shape index (κ1) is 17.0. The molecule has 1 aromatic carbocycles. The number of para-hydroxylation sites is 1. The summed E-state index contributed by atoms with van der Waals surface area (Å²) in [6.45, 7) is 4.28. The van der Waals surface area contributed by atoms with E-state index in [1.165, 1.54) is 12.0 Å². The van der Waals surface area contributed by atoms with E-state index in [0.29, 0.717) is 0 Å². The first-order valence-electron chi connectivity index (χ1n) is 7.57. The van der Waals surface area contributed by atoms with E-state index in [9.17, 15) is 9.59 Å². The van der Waals surface area contributed by atoms with Crippen LogP contribution in [0.4, 0.5) is 5.69 Å². The fourth-order valence-corrected chi connectivity index (χ4v) is 2.60. The summed E-state index contributed by atoms with van der Waals surface area (Å²) >= 11 is 0. The monoisotopic (exact) mass is 318 g/mol. The molecule has 2 N–H and O–H groups in total. The summed E-state index contributed by atoms with van der Waals surface area (Å²) in [5, 5.41) is 12.2. The maximum absolute atomic E-state index is 12.5. The molecule has 0 saturated heterocycles. The van der Waals surface area contributed by atoms with Crippen molar-refractivity contribution in [2.75, 3.05) is 32.1 Å². The van der Waals surface area contributed by atoms with Crippen molar-refractivity contribution in [1.29, 1.82) is 0 Å². The largest absolute Gasteiger partial charge is 0.466 e. The topological polar surface area (TPSA) is 78.9 Å². The van der Waals surface area contributed by atoms with Crippen LogP contribution in [0, 0.1) is 0 Å². The summed E-state index contributed by atoms with van der Waals surface area (Å²) in [5.74, 6) is -0.577. The number of carbonyl (C=O) groups excluding carboxylic acids is 2. The Bertz CT molecular complexity index is 637. The van der Waals surface area contributed by atoms with E-state index in [1.807, 2.05) is 24.3 Å². The Morgan fingerprint density at radius 3 is 2.70 bits per heavy atom. The molecule has 0 aliphatic carbocycles. The van der Waals surface area contributed by atoms with Crippen LogP contribution in [0.3, 0.4) is 0 Å². The minimum Gasteiger partial charge on any atom is -0.466 e. The minimum atomic E-state index is -0.539. The molecular weight excluding hydrogens is 296 g/mol. The molecule has 23 heavy (non-hydrogen) atoms. The quantitative estimate of drug-likeness (QED) is 0.777. The smallest absolute Gasteiger partial charge is 0.337 e. The van der Waals surface area contributed by atoms with E-state index in [-0.39, 0.29) is 42.8 Å². The highest BCUT2D eigenvalue weighted by molar-refractivity contribution is 6.08. The van der Waals surface area contributed by atoms with Gasteiger partial charge in [0.05, 0.1) is 25.8 Å². The number of methoxy groups -OCH3 is 1. The predicted octanol–water partition coefficient (Wildman–Crippen LogP) is 1.48. The molecule has 1 heterocycles. The second-order valence-corrected chi connectivity index (χ2v) is 5.66. The van der Waals surface area contributed by atoms with Gasteiger partial charge in [0, 0.05) is 12.2 Å². The van der Waals surface area contributed by atoms with E-state index in [2.05, 4.69) is 19.2 Å². The van der Waals surface area contributed by atoms with Gasteiger partial charge in [-0.15, -0.1) is 0 Å². The van der Waals surface area contributed by atoms with Crippen LogP contribution in [0.2, 0.25) is 0 Å². The summed E-state index contributed by atoms with van der Waals surface area (Å²) < 4.78 is 4.78. The SMILES string of the molecule is COC(=O)C1=C(Nc2ccccc2C(C)C)C(=O)N(CCO)C1. The second kappa shape index (κ2) is 7.28. The van der Waals surface area contributed by atoms with Crippen LogP contribution < -0.4 is 5.32 Å². The predicted molar refractivity (Wildman–Crippen MR) is 86.9 cm³/mol. The number of nitrogens with one attached hydrogen (secondary N) is 1. The molecule has 1 aromatic rings. The molecule has 0 fully saturated rings. The molecule has 0 aromatic heterocycles. The average molecular weight is 318 g/mol. The standard InChI is InChI=1S/C17H22N2O4/c1-11(2)12-6-4-5-7-14(12)18-15-13(17(22)23-3)10-19(8-9-20)16(15)21/h4-7,11,18,20H,8-10H2,1-3H3. The summed E-state index contributed by atoms with van der Waals surface area (Å²) in [6.07, 6.45) is 0. The highest BCUT2D eigenvalue weighted by atomic mass is 16.5. The lowest BCUT2D eigenvalue weighted by Crippen LogP contribution is -2.31. The van der Waals surface area contributed by atoms with E-state index in [4.69, 9.17) is 9.84 Å². The lowest BCUT2D eigenvalue weighted by Gasteiger charge is -2.17. The number of esters is 1. The van der Waals surface area contributed by atoms with Crippen LogP contribution in [0.15, 0.2) is 35.5 Å². The number of anilines is 1. The van der Waals surface area contributed by atoms with Crippen molar-refractivity contribution in [3.8, 4) is 0 Å². The van der Waals surface area contributed by atoms with Gasteiger partial charge in [0.25, 0.3) is 5.91 Å². The third-order valence-corrected chi connectivity index (χ3v) is 3.80. The van der Waals surface area contributed by atoms with E-state index >= 15 is 0 Å². The van der Waals surface area contributed by atoms with Crippen LogP contribution in [0.1, 0.15) is 25.3 Å². The zero-order valence-electron chi connectivity index (χ0n) is 13.6. The molecule has 6 nitrogen and oxygen atoms in total. The Balaban J connectivity index is 2.37. The van der Waals surface area contributed by atoms with Crippen LogP contribution in [-0.4, -0.2) is 48.7 Å². The van der Waals surface area contributed by atoms with Gasteiger partial charge >= 0.3 is 5.97 Å². The lowest BCUT2D eigenvalue weighted by molar-refractivity contribution is -0.136. The Morgan fingerprint density at radius 1 is 1.39 bits per heavy atom. The number of aliphatic hydroxyl groups is 1. The number of hydrogen-bond acceptors (Lipinski definition) is 5. The summed E-state index contributed by atoms with van der Waals surface area (Å²) in [5.41, 5.74) is 2.35. The van der Waals surface area contributed by atoms with Gasteiger partial charge in [0.15, 0.2) is 0 Å². The molecule has 0 spiro atoms. The van der Waals surface area contributed by atoms with E-state index < -0.39 is 5.97 Å². The number of aliphatic hydroxyl groups excluding tert-OH is 1. The molecule has 0 radical (unpaired) electrons. The Morgan fingerprint density at radius 2 is 2.09 bits per heavy atom. The van der Waals surface area contributed by atoms with Crippen LogP contribution in [0.5, 0.6) is 0 Å². The van der Waals surface area contributed by atoms with Gasteiger partial charge in [-0.25, -0.2) is 4.79 Å². The zero-order valence-corrected chi connectivity index (χ0v) is 13.6. The van der Waals surface area contributed by atoms with E-state index in [1.54, 1.807) is 0 Å². The number of carbonyl (C=O) groups is 2. The number of benzene rings is 1. The summed E-state index contributed by atoms with van der Waals surface area (Å²) in [4.78, 5) is 25.9. The highest BCUT2D eigenvalue weighted by Gasteiger charge is 2.34. The molecule has 0 unspecified atom stereocenters. The van der Waals surface area contributed by atoms with Crippen LogP contribution in [-0.2, 0) is 14.3 Å². The number of amides is 1. The van der Waals surface area contributed by atoms with Gasteiger partial charge in [-0.3, -0.25) is 4.79 Å². The normalized spacial score (nSPS) is 14.7. The van der Waals surface area contributed by atoms with Gasteiger partial charge in [-0.2, -0.15) is 0 Å². The molecule has 0 atom stereocenters. The zero-order chi connectivity index (χ0) is 17.0. The fraction of sp³-hybridized carbons (Fsp3) is 0.412. The van der Waals surface area contributed by atoms with Gasteiger partial charge in [-0.05, 0) is 17.5 Å². The van der Waals surface area contributed by atoms with Gasteiger partial charge in [0.1, 0.15) is 5.70 Å². The first-order chi connectivity index (χ1) is 11.0. The van der Waals surface area contributed by atoms with Crippen molar-refractivity contribution in [2.24, 2.45) is 0 Å². The number of β-amino-alcohol motifs (C(OH)–C–C–N with tert-alkyl or cyclic N) is 1. The van der Waals surface area contributed by atoms with Crippen molar-refractivity contribution < 1.29 is 19.4 Å². The van der Waals surface area contributed by atoms with Crippen molar-refractivity contribution >= 4 is 17.6 Å². The number of rotatable bonds is 6. The first-order valence-corrected chi connectivity index (χ1v) is 7.57. The molecule has 1 aliphatic heterocycles. The van der Waals surface area contributed by atoms with Crippen molar-refractivity contribution in [2.45, 2.75) is 19.8 Å². The van der Waals surface area contributed by atoms with E-state index in [0.717, 1.165) is 11.3 Å². The molecular formula is C17H22N2O4. The average Bonchev–Trinajstić information content (AvgIpc) is 2.84. The third-order valence-electron chi connectivity index (χ3n) is 3.80. The molecule has 1 aliphatic rings. The number of ether oxygens (including phenoxy) is 1.